The summed E-state index contributed by atoms with van der Waals surface area (Å²) in [6, 6.07) is 8.30. The fourth-order valence-corrected chi connectivity index (χ4v) is 1.58. The van der Waals surface area contributed by atoms with Crippen molar-refractivity contribution in [3.8, 4) is 0 Å². The number of hydrogen-bond donors (Lipinski definition) is 1. The second kappa shape index (κ2) is 6.31. The van der Waals surface area contributed by atoms with Crippen molar-refractivity contribution in [2.24, 2.45) is 5.92 Å². The molecular weight excluding hydrogens is 200 g/mol. The van der Waals surface area contributed by atoms with Crippen LogP contribution in [0.5, 0.6) is 0 Å². The van der Waals surface area contributed by atoms with Crippen molar-refractivity contribution in [2.45, 2.75) is 39.5 Å². The van der Waals surface area contributed by atoms with Gasteiger partial charge in [-0.2, -0.15) is 0 Å². The standard InChI is InChI=1S/C14H20O2/c1-11(2)3-4-12-5-7-13(8-6-12)9-10-14(15)16/h5-8,11H,3-4,9-10H2,1-2H3,(H,15,16). The minimum absolute atomic E-state index is 0.214. The van der Waals surface area contributed by atoms with E-state index in [0.29, 0.717) is 6.42 Å². The van der Waals surface area contributed by atoms with Gasteiger partial charge in [0.1, 0.15) is 0 Å². The van der Waals surface area contributed by atoms with Crippen LogP contribution in [-0.4, -0.2) is 11.1 Å². The van der Waals surface area contributed by atoms with Crippen LogP contribution in [-0.2, 0) is 17.6 Å². The molecule has 2 heteroatoms. The minimum Gasteiger partial charge on any atom is -0.481 e. The summed E-state index contributed by atoms with van der Waals surface area (Å²) in [7, 11) is 0. The van der Waals surface area contributed by atoms with Crippen LogP contribution in [0.15, 0.2) is 24.3 Å². The maximum atomic E-state index is 10.4. The first-order valence-corrected chi connectivity index (χ1v) is 5.87. The van der Waals surface area contributed by atoms with Crippen molar-refractivity contribution in [3.05, 3.63) is 35.4 Å². The molecule has 1 N–H and O–H groups in total. The zero-order valence-electron chi connectivity index (χ0n) is 10.1. The Morgan fingerprint density at radius 1 is 1.12 bits per heavy atom. The molecule has 0 aliphatic carbocycles. The molecule has 0 spiro atoms. The first-order chi connectivity index (χ1) is 7.58. The number of aryl methyl sites for hydroxylation is 2. The summed E-state index contributed by atoms with van der Waals surface area (Å²) in [5.41, 5.74) is 2.45. The van der Waals surface area contributed by atoms with E-state index in [0.717, 1.165) is 17.9 Å². The number of carbonyl (C=O) groups is 1. The summed E-state index contributed by atoms with van der Waals surface area (Å²) in [5, 5.41) is 8.57. The Morgan fingerprint density at radius 3 is 2.06 bits per heavy atom. The summed E-state index contributed by atoms with van der Waals surface area (Å²) < 4.78 is 0. The number of carboxylic acid groups (broad SMARTS) is 1. The fraction of sp³-hybridized carbons (Fsp3) is 0.500. The third kappa shape index (κ3) is 4.96. The van der Waals surface area contributed by atoms with E-state index in [4.69, 9.17) is 5.11 Å². The van der Waals surface area contributed by atoms with E-state index in [2.05, 4.69) is 26.0 Å². The molecule has 0 unspecified atom stereocenters. The average molecular weight is 220 g/mol. The van der Waals surface area contributed by atoms with E-state index >= 15 is 0 Å². The molecule has 0 fully saturated rings. The highest BCUT2D eigenvalue weighted by Gasteiger charge is 2.00. The Labute approximate surface area is 97.3 Å². The van der Waals surface area contributed by atoms with Crippen molar-refractivity contribution >= 4 is 5.97 Å². The molecule has 0 saturated carbocycles. The summed E-state index contributed by atoms with van der Waals surface area (Å²) in [6.07, 6.45) is 3.15. The fourth-order valence-electron chi connectivity index (χ4n) is 1.58. The molecule has 1 aromatic carbocycles. The SMILES string of the molecule is CC(C)CCc1ccc(CCC(=O)O)cc1. The smallest absolute Gasteiger partial charge is 0.303 e. The molecule has 1 rings (SSSR count). The van der Waals surface area contributed by atoms with Crippen LogP contribution in [0.1, 0.15) is 37.8 Å². The van der Waals surface area contributed by atoms with E-state index in [1.54, 1.807) is 0 Å². The van der Waals surface area contributed by atoms with Gasteiger partial charge in [0.05, 0.1) is 0 Å². The third-order valence-corrected chi connectivity index (χ3v) is 2.66. The highest BCUT2D eigenvalue weighted by Crippen LogP contribution is 2.11. The van der Waals surface area contributed by atoms with Crippen molar-refractivity contribution < 1.29 is 9.90 Å². The van der Waals surface area contributed by atoms with E-state index in [9.17, 15) is 4.79 Å². The van der Waals surface area contributed by atoms with Crippen LogP contribution in [0.3, 0.4) is 0 Å². The number of hydrogen-bond acceptors (Lipinski definition) is 1. The average Bonchev–Trinajstić information content (AvgIpc) is 2.25. The summed E-state index contributed by atoms with van der Waals surface area (Å²) in [4.78, 5) is 10.4. The Balaban J connectivity index is 2.44. The van der Waals surface area contributed by atoms with E-state index in [1.807, 2.05) is 12.1 Å². The molecule has 0 bridgehead atoms. The van der Waals surface area contributed by atoms with Gasteiger partial charge in [0.15, 0.2) is 0 Å². The maximum absolute atomic E-state index is 10.4. The van der Waals surface area contributed by atoms with Crippen LogP contribution in [0.2, 0.25) is 0 Å². The van der Waals surface area contributed by atoms with Gasteiger partial charge in [0.2, 0.25) is 0 Å². The topological polar surface area (TPSA) is 37.3 Å². The van der Waals surface area contributed by atoms with E-state index in [-0.39, 0.29) is 6.42 Å². The van der Waals surface area contributed by atoms with Crippen LogP contribution >= 0.6 is 0 Å². The molecule has 0 radical (unpaired) electrons. The van der Waals surface area contributed by atoms with Crippen molar-refractivity contribution in [1.82, 2.24) is 0 Å². The quantitative estimate of drug-likeness (QED) is 0.798. The van der Waals surface area contributed by atoms with Crippen LogP contribution in [0.4, 0.5) is 0 Å². The monoisotopic (exact) mass is 220 g/mol. The molecule has 0 saturated heterocycles. The van der Waals surface area contributed by atoms with Crippen LogP contribution in [0, 0.1) is 5.92 Å². The lowest BCUT2D eigenvalue weighted by Gasteiger charge is -2.05. The van der Waals surface area contributed by atoms with E-state index in [1.165, 1.54) is 12.0 Å². The van der Waals surface area contributed by atoms with Gasteiger partial charge in [-0.3, -0.25) is 4.79 Å². The minimum atomic E-state index is -0.733. The molecule has 88 valence electrons. The highest BCUT2D eigenvalue weighted by molar-refractivity contribution is 5.67. The molecular formula is C14H20O2. The molecule has 2 nitrogen and oxygen atoms in total. The van der Waals surface area contributed by atoms with Gasteiger partial charge in [0, 0.05) is 6.42 Å². The molecule has 0 aromatic heterocycles. The highest BCUT2D eigenvalue weighted by atomic mass is 16.4. The second-order valence-corrected chi connectivity index (χ2v) is 4.64. The number of benzene rings is 1. The zero-order valence-corrected chi connectivity index (χ0v) is 10.1. The number of aliphatic carboxylic acids is 1. The lowest BCUT2D eigenvalue weighted by molar-refractivity contribution is -0.136. The molecule has 0 aliphatic heterocycles. The molecule has 1 aromatic rings. The Bertz CT molecular complexity index is 325. The molecule has 0 atom stereocenters. The predicted molar refractivity (Wildman–Crippen MR) is 65.6 cm³/mol. The molecule has 0 heterocycles. The van der Waals surface area contributed by atoms with Gasteiger partial charge >= 0.3 is 5.97 Å². The summed E-state index contributed by atoms with van der Waals surface area (Å²) >= 11 is 0. The molecule has 0 aliphatic rings. The first-order valence-electron chi connectivity index (χ1n) is 5.87. The van der Waals surface area contributed by atoms with E-state index < -0.39 is 5.97 Å². The van der Waals surface area contributed by atoms with Gasteiger partial charge < -0.3 is 5.11 Å². The number of carboxylic acids is 1. The normalized spacial score (nSPS) is 10.7. The lowest BCUT2D eigenvalue weighted by Crippen LogP contribution is -1.98. The number of rotatable bonds is 6. The summed E-state index contributed by atoms with van der Waals surface area (Å²) in [6.45, 7) is 4.45. The Hall–Kier alpha value is -1.31. The van der Waals surface area contributed by atoms with Gasteiger partial charge in [-0.1, -0.05) is 38.1 Å². The van der Waals surface area contributed by atoms with Gasteiger partial charge in [-0.15, -0.1) is 0 Å². The Morgan fingerprint density at radius 2 is 1.62 bits per heavy atom. The molecule has 16 heavy (non-hydrogen) atoms. The predicted octanol–water partition coefficient (Wildman–Crippen LogP) is 3.29. The van der Waals surface area contributed by atoms with Gasteiger partial charge in [0.25, 0.3) is 0 Å². The van der Waals surface area contributed by atoms with Crippen molar-refractivity contribution in [3.63, 3.8) is 0 Å². The second-order valence-electron chi connectivity index (χ2n) is 4.64. The van der Waals surface area contributed by atoms with Crippen molar-refractivity contribution in [2.75, 3.05) is 0 Å². The van der Waals surface area contributed by atoms with Crippen LogP contribution in [0.25, 0.3) is 0 Å². The largest absolute Gasteiger partial charge is 0.481 e. The summed E-state index contributed by atoms with van der Waals surface area (Å²) in [5.74, 6) is -0.00410. The van der Waals surface area contributed by atoms with Gasteiger partial charge in [-0.05, 0) is 36.3 Å². The van der Waals surface area contributed by atoms with Crippen molar-refractivity contribution in [1.29, 1.82) is 0 Å². The Kier molecular flexibility index (Phi) is 5.03. The first kappa shape index (κ1) is 12.8. The molecule has 0 amide bonds. The maximum Gasteiger partial charge on any atom is 0.303 e. The lowest BCUT2D eigenvalue weighted by atomic mass is 10.0. The van der Waals surface area contributed by atoms with Crippen LogP contribution < -0.4 is 0 Å². The zero-order chi connectivity index (χ0) is 12.0. The van der Waals surface area contributed by atoms with Gasteiger partial charge in [-0.25, -0.2) is 0 Å². The third-order valence-electron chi connectivity index (χ3n) is 2.66.